The van der Waals surface area contributed by atoms with Gasteiger partial charge in [0, 0.05) is 38.6 Å². The smallest absolute Gasteiger partial charge is 0.293 e. The molecule has 0 spiro atoms. The summed E-state index contributed by atoms with van der Waals surface area (Å²) in [5.74, 6) is 0.389. The summed E-state index contributed by atoms with van der Waals surface area (Å²) < 4.78 is 6.75. The van der Waals surface area contributed by atoms with Crippen LogP contribution < -0.4 is 15.8 Å². The first-order valence-corrected chi connectivity index (χ1v) is 8.03. The number of nitrogens with one attached hydrogen (secondary N) is 1. The van der Waals surface area contributed by atoms with Crippen LogP contribution in [-0.2, 0) is 16.6 Å². The predicted molar refractivity (Wildman–Crippen MR) is 86.1 cm³/mol. The van der Waals surface area contributed by atoms with Crippen LogP contribution >= 0.6 is 0 Å². The molecule has 1 saturated heterocycles. The molecule has 3 rings (SSSR count). The molecule has 2 aliphatic rings. The fourth-order valence-corrected chi connectivity index (χ4v) is 3.00. The van der Waals surface area contributed by atoms with E-state index in [9.17, 15) is 9.59 Å². The lowest BCUT2D eigenvalue weighted by atomic mass is 10.0. The highest BCUT2D eigenvalue weighted by molar-refractivity contribution is 5.93. The van der Waals surface area contributed by atoms with Crippen molar-refractivity contribution in [1.82, 2.24) is 14.9 Å². The van der Waals surface area contributed by atoms with Gasteiger partial charge in [-0.2, -0.15) is 0 Å². The molecule has 1 N–H and O–H groups in total. The molecule has 124 valence electrons. The van der Waals surface area contributed by atoms with Gasteiger partial charge in [0.05, 0.1) is 18.4 Å². The predicted octanol–water partition coefficient (Wildman–Crippen LogP) is 0.560. The van der Waals surface area contributed by atoms with Crippen molar-refractivity contribution < 1.29 is 9.53 Å². The van der Waals surface area contributed by atoms with Crippen molar-refractivity contribution in [2.75, 3.05) is 24.6 Å². The van der Waals surface area contributed by atoms with Gasteiger partial charge in [-0.15, -0.1) is 0 Å². The Balaban J connectivity index is 1.66. The monoisotopic (exact) mass is 318 g/mol. The average Bonchev–Trinajstić information content (AvgIpc) is 2.58. The zero-order valence-electron chi connectivity index (χ0n) is 13.3. The lowest BCUT2D eigenvalue weighted by Gasteiger charge is -2.33. The van der Waals surface area contributed by atoms with E-state index in [4.69, 9.17) is 4.74 Å². The lowest BCUT2D eigenvalue weighted by molar-refractivity contribution is -0.118. The van der Waals surface area contributed by atoms with Gasteiger partial charge in [0.15, 0.2) is 5.82 Å². The molecule has 0 radical (unpaired) electrons. The molecule has 7 nitrogen and oxygen atoms in total. The number of anilines is 1. The second-order valence-corrected chi connectivity index (χ2v) is 6.04. The van der Waals surface area contributed by atoms with Crippen molar-refractivity contribution in [2.24, 2.45) is 7.05 Å². The third-order valence-corrected chi connectivity index (χ3v) is 4.28. The van der Waals surface area contributed by atoms with Crippen LogP contribution in [0.3, 0.4) is 0 Å². The first kappa shape index (κ1) is 15.6. The van der Waals surface area contributed by atoms with Gasteiger partial charge in [-0.05, 0) is 25.7 Å². The first-order valence-electron chi connectivity index (χ1n) is 8.03. The molecule has 1 aromatic rings. The summed E-state index contributed by atoms with van der Waals surface area (Å²) >= 11 is 0. The van der Waals surface area contributed by atoms with Crippen molar-refractivity contribution >= 4 is 11.7 Å². The Bertz CT molecular complexity index is 668. The fourth-order valence-electron chi connectivity index (χ4n) is 3.00. The molecule has 23 heavy (non-hydrogen) atoms. The standard InChI is InChI=1S/C16H22N4O3/c1-19-8-6-17-14(16(19)22)20-7-2-5-13(10-20)18-15(21)12-4-3-9-23-11-12/h6,8,11,13H,2-5,7,9-10H2,1H3,(H,18,21)/t13-/m1/s1. The van der Waals surface area contributed by atoms with E-state index in [0.717, 1.165) is 32.2 Å². The number of amides is 1. The van der Waals surface area contributed by atoms with E-state index < -0.39 is 0 Å². The van der Waals surface area contributed by atoms with E-state index in [-0.39, 0.29) is 17.5 Å². The Labute approximate surface area is 135 Å². The number of carbonyl (C=O) groups excluding carboxylic acids is 1. The second kappa shape index (κ2) is 6.85. The summed E-state index contributed by atoms with van der Waals surface area (Å²) in [6, 6.07) is 0.0192. The summed E-state index contributed by atoms with van der Waals surface area (Å²) in [6.45, 7) is 2.06. The van der Waals surface area contributed by atoms with Crippen LogP contribution in [-0.4, -0.2) is 41.2 Å². The van der Waals surface area contributed by atoms with Crippen LogP contribution in [0, 0.1) is 0 Å². The molecule has 3 heterocycles. The summed E-state index contributed by atoms with van der Waals surface area (Å²) in [5.41, 5.74) is 0.588. The van der Waals surface area contributed by atoms with E-state index in [1.807, 2.05) is 4.90 Å². The minimum absolute atomic E-state index is 0.0192. The Hall–Kier alpha value is -2.31. The van der Waals surface area contributed by atoms with E-state index >= 15 is 0 Å². The number of hydrogen-bond acceptors (Lipinski definition) is 5. The summed E-state index contributed by atoms with van der Waals surface area (Å²) in [5, 5.41) is 3.06. The number of carbonyl (C=O) groups is 1. The van der Waals surface area contributed by atoms with Crippen LogP contribution in [0.1, 0.15) is 25.7 Å². The molecule has 0 aromatic carbocycles. The number of aromatic nitrogens is 2. The van der Waals surface area contributed by atoms with Crippen LogP contribution in [0.4, 0.5) is 5.82 Å². The third kappa shape index (κ3) is 3.55. The van der Waals surface area contributed by atoms with Gasteiger partial charge >= 0.3 is 0 Å². The minimum atomic E-state index is -0.108. The molecule has 0 aliphatic carbocycles. The highest BCUT2D eigenvalue weighted by Crippen LogP contribution is 2.16. The van der Waals surface area contributed by atoms with Gasteiger partial charge in [-0.1, -0.05) is 0 Å². The van der Waals surface area contributed by atoms with Crippen LogP contribution in [0.25, 0.3) is 0 Å². The maximum atomic E-state index is 12.3. The SMILES string of the molecule is Cn1ccnc(N2CCC[C@@H](NC(=O)C3=COCCC3)C2)c1=O. The van der Waals surface area contributed by atoms with E-state index in [1.54, 1.807) is 25.7 Å². The maximum absolute atomic E-state index is 12.3. The zero-order chi connectivity index (χ0) is 16.2. The molecule has 0 unspecified atom stereocenters. The van der Waals surface area contributed by atoms with Crippen molar-refractivity contribution in [1.29, 1.82) is 0 Å². The van der Waals surface area contributed by atoms with Gasteiger partial charge in [0.25, 0.3) is 11.5 Å². The Morgan fingerprint density at radius 1 is 1.43 bits per heavy atom. The summed E-state index contributed by atoms with van der Waals surface area (Å²) in [6.07, 6.45) is 8.29. The molecule has 0 saturated carbocycles. The highest BCUT2D eigenvalue weighted by atomic mass is 16.5. The number of nitrogens with zero attached hydrogens (tertiary/aromatic N) is 3. The van der Waals surface area contributed by atoms with Gasteiger partial charge in [0.2, 0.25) is 0 Å². The van der Waals surface area contributed by atoms with Crippen LogP contribution in [0.2, 0.25) is 0 Å². The van der Waals surface area contributed by atoms with Crippen molar-refractivity contribution in [3.8, 4) is 0 Å². The number of hydrogen-bond donors (Lipinski definition) is 1. The molecule has 1 aromatic heterocycles. The van der Waals surface area contributed by atoms with Gasteiger partial charge in [-0.25, -0.2) is 4.98 Å². The highest BCUT2D eigenvalue weighted by Gasteiger charge is 2.25. The summed E-state index contributed by atoms with van der Waals surface area (Å²) in [7, 11) is 1.71. The molecule has 1 amide bonds. The quantitative estimate of drug-likeness (QED) is 0.881. The molecular weight excluding hydrogens is 296 g/mol. The molecule has 7 heteroatoms. The van der Waals surface area contributed by atoms with Gasteiger partial charge < -0.3 is 19.5 Å². The number of aryl methyl sites for hydroxylation is 1. The third-order valence-electron chi connectivity index (χ3n) is 4.28. The van der Waals surface area contributed by atoms with E-state index in [1.165, 1.54) is 4.57 Å². The van der Waals surface area contributed by atoms with E-state index in [0.29, 0.717) is 24.5 Å². The number of ether oxygens (including phenoxy) is 1. The zero-order valence-corrected chi connectivity index (χ0v) is 13.3. The normalized spacial score (nSPS) is 21.3. The summed E-state index contributed by atoms with van der Waals surface area (Å²) in [4.78, 5) is 30.6. The van der Waals surface area contributed by atoms with Crippen molar-refractivity contribution in [3.05, 3.63) is 34.6 Å². The Morgan fingerprint density at radius 3 is 3.09 bits per heavy atom. The molecular formula is C16H22N4O3. The van der Waals surface area contributed by atoms with Crippen LogP contribution in [0.5, 0.6) is 0 Å². The average molecular weight is 318 g/mol. The van der Waals surface area contributed by atoms with E-state index in [2.05, 4.69) is 10.3 Å². The number of rotatable bonds is 3. The first-order chi connectivity index (χ1) is 11.1. The largest absolute Gasteiger partial charge is 0.501 e. The number of piperidine rings is 1. The lowest BCUT2D eigenvalue weighted by Crippen LogP contribution is -2.49. The maximum Gasteiger partial charge on any atom is 0.293 e. The topological polar surface area (TPSA) is 76.5 Å². The Morgan fingerprint density at radius 2 is 2.30 bits per heavy atom. The molecule has 1 atom stereocenters. The second-order valence-electron chi connectivity index (χ2n) is 6.04. The van der Waals surface area contributed by atoms with Gasteiger partial charge in [-0.3, -0.25) is 9.59 Å². The van der Waals surface area contributed by atoms with Gasteiger partial charge in [0.1, 0.15) is 0 Å². The molecule has 1 fully saturated rings. The van der Waals surface area contributed by atoms with Crippen LogP contribution in [0.15, 0.2) is 29.0 Å². The Kier molecular flexibility index (Phi) is 4.64. The molecule has 0 bridgehead atoms. The minimum Gasteiger partial charge on any atom is -0.501 e. The molecule has 2 aliphatic heterocycles. The fraction of sp³-hybridized carbons (Fsp3) is 0.562. The van der Waals surface area contributed by atoms with Crippen molar-refractivity contribution in [3.63, 3.8) is 0 Å². The van der Waals surface area contributed by atoms with Crippen molar-refractivity contribution in [2.45, 2.75) is 31.7 Å².